The molecule has 1 heterocycles. The molecule has 0 saturated carbocycles. The van der Waals surface area contributed by atoms with E-state index in [4.69, 9.17) is 5.73 Å². The van der Waals surface area contributed by atoms with Gasteiger partial charge in [0.2, 0.25) is 5.95 Å². The van der Waals surface area contributed by atoms with Gasteiger partial charge in [-0.1, -0.05) is 37.1 Å². The molecule has 0 radical (unpaired) electrons. The third-order valence-electron chi connectivity index (χ3n) is 3.48. The molecule has 0 aliphatic carbocycles. The Kier molecular flexibility index (Phi) is 4.11. The summed E-state index contributed by atoms with van der Waals surface area (Å²) in [4.78, 5) is 0. The van der Waals surface area contributed by atoms with Gasteiger partial charge in [0.1, 0.15) is 0 Å². The van der Waals surface area contributed by atoms with E-state index >= 15 is 0 Å². The largest absolute Gasteiger partial charge is 0.351 e. The number of tetrazole rings is 1. The first-order valence-electron chi connectivity index (χ1n) is 6.55. The van der Waals surface area contributed by atoms with E-state index < -0.39 is 0 Å². The minimum Gasteiger partial charge on any atom is -0.351 e. The molecule has 0 bridgehead atoms. The SMILES string of the molecule is CCC(N)(CC)CNc1nnnn1-c1ccccc1. The molecule has 0 aliphatic heterocycles. The second kappa shape index (κ2) is 5.79. The number of nitrogens with two attached hydrogens (primary N) is 1. The normalized spacial score (nSPS) is 11.5. The molecular weight excluding hydrogens is 240 g/mol. The lowest BCUT2D eigenvalue weighted by molar-refractivity contribution is 0.417. The van der Waals surface area contributed by atoms with E-state index in [0.717, 1.165) is 18.5 Å². The van der Waals surface area contributed by atoms with Crippen molar-refractivity contribution in [2.75, 3.05) is 11.9 Å². The first-order chi connectivity index (χ1) is 9.18. The van der Waals surface area contributed by atoms with Crippen molar-refractivity contribution in [2.24, 2.45) is 5.73 Å². The highest BCUT2D eigenvalue weighted by Crippen LogP contribution is 2.14. The van der Waals surface area contributed by atoms with Crippen LogP contribution in [0.3, 0.4) is 0 Å². The fourth-order valence-electron chi connectivity index (χ4n) is 1.80. The van der Waals surface area contributed by atoms with Crippen molar-refractivity contribution in [1.82, 2.24) is 20.2 Å². The molecule has 0 atom stereocenters. The number of anilines is 1. The van der Waals surface area contributed by atoms with Crippen LogP contribution >= 0.6 is 0 Å². The van der Waals surface area contributed by atoms with Crippen molar-refractivity contribution in [3.63, 3.8) is 0 Å². The van der Waals surface area contributed by atoms with Crippen molar-refractivity contribution >= 4 is 5.95 Å². The summed E-state index contributed by atoms with van der Waals surface area (Å²) in [7, 11) is 0. The molecule has 0 amide bonds. The number of aromatic nitrogens is 4. The van der Waals surface area contributed by atoms with E-state index in [0.29, 0.717) is 12.5 Å². The van der Waals surface area contributed by atoms with Gasteiger partial charge in [-0.05, 0) is 35.4 Å². The topological polar surface area (TPSA) is 81.7 Å². The molecular formula is C13H20N6. The lowest BCUT2D eigenvalue weighted by atomic mass is 9.94. The van der Waals surface area contributed by atoms with Crippen LogP contribution in [0, 0.1) is 0 Å². The van der Waals surface area contributed by atoms with Gasteiger partial charge in [-0.3, -0.25) is 0 Å². The first-order valence-corrected chi connectivity index (χ1v) is 6.55. The van der Waals surface area contributed by atoms with Gasteiger partial charge in [0.25, 0.3) is 0 Å². The van der Waals surface area contributed by atoms with Crippen molar-refractivity contribution in [2.45, 2.75) is 32.2 Å². The Hall–Kier alpha value is -1.95. The molecule has 102 valence electrons. The van der Waals surface area contributed by atoms with Gasteiger partial charge in [0.05, 0.1) is 5.69 Å². The lowest BCUT2D eigenvalue weighted by Crippen LogP contribution is -2.45. The highest BCUT2D eigenvalue weighted by molar-refractivity contribution is 5.38. The third kappa shape index (κ3) is 3.08. The summed E-state index contributed by atoms with van der Waals surface area (Å²) in [5, 5.41) is 14.9. The molecule has 0 aliphatic rings. The van der Waals surface area contributed by atoms with Gasteiger partial charge in [-0.25, -0.2) is 0 Å². The van der Waals surface area contributed by atoms with E-state index in [-0.39, 0.29) is 5.54 Å². The maximum atomic E-state index is 6.26. The molecule has 3 N–H and O–H groups in total. The smallest absolute Gasteiger partial charge is 0.247 e. The van der Waals surface area contributed by atoms with E-state index in [1.165, 1.54) is 0 Å². The lowest BCUT2D eigenvalue weighted by Gasteiger charge is -2.26. The van der Waals surface area contributed by atoms with Crippen LogP contribution in [0.5, 0.6) is 0 Å². The van der Waals surface area contributed by atoms with Crippen LogP contribution in [0.25, 0.3) is 5.69 Å². The summed E-state index contributed by atoms with van der Waals surface area (Å²) in [5.74, 6) is 0.614. The zero-order valence-corrected chi connectivity index (χ0v) is 11.4. The summed E-state index contributed by atoms with van der Waals surface area (Å²) in [5.41, 5.74) is 6.95. The van der Waals surface area contributed by atoms with E-state index in [1.807, 2.05) is 30.3 Å². The Bertz CT molecular complexity index is 503. The summed E-state index contributed by atoms with van der Waals surface area (Å²) in [6.45, 7) is 4.82. The summed E-state index contributed by atoms with van der Waals surface area (Å²) in [6.07, 6.45) is 1.81. The van der Waals surface area contributed by atoms with Crippen LogP contribution in [-0.4, -0.2) is 32.3 Å². The molecule has 0 saturated heterocycles. The number of nitrogens with one attached hydrogen (secondary N) is 1. The summed E-state index contributed by atoms with van der Waals surface area (Å²) >= 11 is 0. The minimum atomic E-state index is -0.229. The number of nitrogens with zero attached hydrogens (tertiary/aromatic N) is 4. The third-order valence-corrected chi connectivity index (χ3v) is 3.48. The Morgan fingerprint density at radius 1 is 1.21 bits per heavy atom. The van der Waals surface area contributed by atoms with Crippen molar-refractivity contribution in [1.29, 1.82) is 0 Å². The molecule has 6 nitrogen and oxygen atoms in total. The van der Waals surface area contributed by atoms with Crippen LogP contribution in [0.2, 0.25) is 0 Å². The van der Waals surface area contributed by atoms with E-state index in [2.05, 4.69) is 34.7 Å². The monoisotopic (exact) mass is 260 g/mol. The Morgan fingerprint density at radius 2 is 1.89 bits per heavy atom. The molecule has 1 aromatic carbocycles. The average Bonchev–Trinajstić information content (AvgIpc) is 2.94. The van der Waals surface area contributed by atoms with E-state index in [1.54, 1.807) is 4.68 Å². The number of rotatable bonds is 6. The molecule has 0 fully saturated rings. The van der Waals surface area contributed by atoms with Crippen LogP contribution in [0.15, 0.2) is 30.3 Å². The molecule has 19 heavy (non-hydrogen) atoms. The fraction of sp³-hybridized carbons (Fsp3) is 0.462. The van der Waals surface area contributed by atoms with Crippen LogP contribution in [-0.2, 0) is 0 Å². The van der Waals surface area contributed by atoms with Crippen LogP contribution in [0.4, 0.5) is 5.95 Å². The first kappa shape index (κ1) is 13.5. The summed E-state index contributed by atoms with van der Waals surface area (Å²) in [6, 6.07) is 9.77. The number of hydrogen-bond donors (Lipinski definition) is 2. The highest BCUT2D eigenvalue weighted by atomic mass is 15.6. The predicted molar refractivity (Wildman–Crippen MR) is 75.1 cm³/mol. The number of para-hydroxylation sites is 1. The van der Waals surface area contributed by atoms with Crippen LogP contribution < -0.4 is 11.1 Å². The second-order valence-corrected chi connectivity index (χ2v) is 4.67. The fourth-order valence-corrected chi connectivity index (χ4v) is 1.80. The number of hydrogen-bond acceptors (Lipinski definition) is 5. The maximum Gasteiger partial charge on any atom is 0.247 e. The zero-order valence-electron chi connectivity index (χ0n) is 11.4. The molecule has 0 unspecified atom stereocenters. The Balaban J connectivity index is 2.13. The summed E-state index contributed by atoms with van der Waals surface area (Å²) < 4.78 is 1.67. The van der Waals surface area contributed by atoms with Gasteiger partial charge in [0.15, 0.2) is 0 Å². The average molecular weight is 260 g/mol. The predicted octanol–water partition coefficient (Wildman–Crippen LogP) is 1.59. The Labute approximate surface area is 113 Å². The Morgan fingerprint density at radius 3 is 2.53 bits per heavy atom. The molecule has 6 heteroatoms. The van der Waals surface area contributed by atoms with Gasteiger partial charge in [-0.2, -0.15) is 4.68 Å². The zero-order chi connectivity index (χ0) is 13.7. The van der Waals surface area contributed by atoms with Gasteiger partial charge in [-0.15, -0.1) is 0 Å². The maximum absolute atomic E-state index is 6.26. The molecule has 1 aromatic heterocycles. The van der Waals surface area contributed by atoms with Gasteiger partial charge < -0.3 is 11.1 Å². The molecule has 2 rings (SSSR count). The molecule has 0 spiro atoms. The minimum absolute atomic E-state index is 0.229. The van der Waals surface area contributed by atoms with E-state index in [9.17, 15) is 0 Å². The number of benzene rings is 1. The van der Waals surface area contributed by atoms with Gasteiger partial charge >= 0.3 is 0 Å². The highest BCUT2D eigenvalue weighted by Gasteiger charge is 2.21. The molecule has 2 aromatic rings. The van der Waals surface area contributed by atoms with Crippen molar-refractivity contribution in [3.05, 3.63) is 30.3 Å². The van der Waals surface area contributed by atoms with Crippen LogP contribution in [0.1, 0.15) is 26.7 Å². The van der Waals surface area contributed by atoms with Gasteiger partial charge in [0, 0.05) is 12.1 Å². The second-order valence-electron chi connectivity index (χ2n) is 4.67. The van der Waals surface area contributed by atoms with Crippen molar-refractivity contribution in [3.8, 4) is 5.69 Å². The van der Waals surface area contributed by atoms with Crippen molar-refractivity contribution < 1.29 is 0 Å². The standard InChI is InChI=1S/C13H20N6/c1-3-13(14,4-2)10-15-12-16-17-18-19(12)11-8-6-5-7-9-11/h5-9H,3-4,10,14H2,1-2H3,(H,15,16,18). The quantitative estimate of drug-likeness (QED) is 0.824.